The van der Waals surface area contributed by atoms with Crippen molar-refractivity contribution in [2.24, 2.45) is 0 Å². The van der Waals surface area contributed by atoms with Gasteiger partial charge in [0.05, 0.1) is 25.2 Å². The molecule has 0 aliphatic carbocycles. The molecule has 1 aliphatic rings. The third-order valence-electron chi connectivity index (χ3n) is 5.21. The van der Waals surface area contributed by atoms with Crippen LogP contribution in [0.2, 0.25) is 0 Å². The lowest BCUT2D eigenvalue weighted by Crippen LogP contribution is -2.56. The average molecular weight is 545 g/mol. The van der Waals surface area contributed by atoms with E-state index in [0.717, 1.165) is 12.1 Å². The molecule has 2 aromatic carbocycles. The van der Waals surface area contributed by atoms with Crippen LogP contribution in [0.15, 0.2) is 54.6 Å². The number of hydrogen-bond acceptors (Lipinski definition) is 5. The predicted octanol–water partition coefficient (Wildman–Crippen LogP) is 5.50. The molecule has 1 fully saturated rings. The summed E-state index contributed by atoms with van der Waals surface area (Å²) in [6.07, 6.45) is -18.9. The third kappa shape index (κ3) is 5.51. The maximum atomic E-state index is 13.9. The normalized spacial score (nSPS) is 16.4. The number of carbonyl (C=O) groups is 2. The second kappa shape index (κ2) is 9.85. The Labute approximate surface area is 202 Å². The Balaban J connectivity index is 1.90. The zero-order valence-corrected chi connectivity index (χ0v) is 18.3. The fourth-order valence-electron chi connectivity index (χ4n) is 3.46. The molecule has 1 N–H and O–H groups in total. The van der Waals surface area contributed by atoms with Crippen LogP contribution in [-0.4, -0.2) is 49.4 Å². The van der Waals surface area contributed by atoms with Crippen LogP contribution >= 0.6 is 0 Å². The van der Waals surface area contributed by atoms with E-state index in [9.17, 15) is 49.1 Å². The second-order valence-electron chi connectivity index (χ2n) is 7.68. The van der Waals surface area contributed by atoms with Crippen LogP contribution in [0.1, 0.15) is 22.3 Å². The summed E-state index contributed by atoms with van der Waals surface area (Å²) in [4.78, 5) is 24.3. The summed E-state index contributed by atoms with van der Waals surface area (Å²) < 4.78 is 136. The number of carbonyl (C=O) groups excluding carboxylic acids is 2. The number of hydrogen-bond donors (Lipinski definition) is 1. The van der Waals surface area contributed by atoms with Gasteiger partial charge in [-0.1, -0.05) is 30.3 Å². The van der Waals surface area contributed by atoms with Crippen molar-refractivity contribution >= 4 is 17.6 Å². The highest BCUT2D eigenvalue weighted by atomic mass is 19.4. The topological polar surface area (TPSA) is 73.9 Å². The van der Waals surface area contributed by atoms with Gasteiger partial charge in [-0.2, -0.15) is 39.5 Å². The molecule has 0 bridgehead atoms. The van der Waals surface area contributed by atoms with Gasteiger partial charge in [0, 0.05) is 11.3 Å². The summed E-state index contributed by atoms with van der Waals surface area (Å²) in [5.74, 6) is -6.51. The van der Waals surface area contributed by atoms with Crippen LogP contribution in [0.4, 0.5) is 45.2 Å². The van der Waals surface area contributed by atoms with Crippen molar-refractivity contribution in [1.29, 1.82) is 0 Å². The number of rotatable bonds is 6. The molecule has 1 aliphatic heterocycles. The van der Waals surface area contributed by atoms with Crippen LogP contribution in [0, 0.1) is 0 Å². The number of alkyl halides is 9. The van der Waals surface area contributed by atoms with Gasteiger partial charge in [-0.05, 0) is 24.3 Å². The summed E-state index contributed by atoms with van der Waals surface area (Å²) in [5.41, 5.74) is -7.69. The molecule has 6 nitrogen and oxygen atoms in total. The van der Waals surface area contributed by atoms with Gasteiger partial charge in [-0.15, -0.1) is 0 Å². The fraction of sp³-hybridized carbons (Fsp3) is 0.364. The number of ether oxygens (including phenoxy) is 3. The van der Waals surface area contributed by atoms with Gasteiger partial charge in [0.25, 0.3) is 5.79 Å². The molecular weight excluding hydrogens is 529 g/mol. The molecule has 202 valence electrons. The Morgan fingerprint density at radius 3 is 1.78 bits per heavy atom. The van der Waals surface area contributed by atoms with E-state index < -0.39 is 78.2 Å². The van der Waals surface area contributed by atoms with Crippen LogP contribution in [0.5, 0.6) is 0 Å². The molecule has 2 aromatic rings. The number of halogens is 9. The maximum absolute atomic E-state index is 13.9. The number of amides is 1. The molecule has 1 heterocycles. The van der Waals surface area contributed by atoms with Crippen molar-refractivity contribution in [2.45, 2.75) is 36.3 Å². The maximum Gasteiger partial charge on any atom is 0.443 e. The lowest BCUT2D eigenvalue weighted by atomic mass is 9.91. The molecule has 1 amide bonds. The van der Waals surface area contributed by atoms with Crippen molar-refractivity contribution in [3.8, 4) is 0 Å². The largest absolute Gasteiger partial charge is 0.443 e. The van der Waals surface area contributed by atoms with Crippen molar-refractivity contribution in [3.63, 3.8) is 0 Å². The fourth-order valence-corrected chi connectivity index (χ4v) is 3.46. The highest BCUT2D eigenvalue weighted by Gasteiger charge is 2.75. The number of nitrogens with one attached hydrogen (secondary N) is 1. The summed E-state index contributed by atoms with van der Waals surface area (Å²) in [6.45, 7) is -0.916. The van der Waals surface area contributed by atoms with Crippen molar-refractivity contribution < 1.29 is 63.3 Å². The highest BCUT2D eigenvalue weighted by Crippen LogP contribution is 2.53. The molecule has 0 atom stereocenters. The minimum atomic E-state index is -6.18. The van der Waals surface area contributed by atoms with Crippen LogP contribution < -0.4 is 5.32 Å². The van der Waals surface area contributed by atoms with Crippen LogP contribution in [0.25, 0.3) is 0 Å². The summed E-state index contributed by atoms with van der Waals surface area (Å²) in [7, 11) is 0. The Hall–Kier alpha value is -3.33. The van der Waals surface area contributed by atoms with Gasteiger partial charge >= 0.3 is 30.1 Å². The van der Waals surface area contributed by atoms with Crippen molar-refractivity contribution in [3.05, 3.63) is 65.7 Å². The molecule has 0 unspecified atom stereocenters. The number of anilines is 1. The Morgan fingerprint density at radius 2 is 1.32 bits per heavy atom. The average Bonchev–Trinajstić information content (AvgIpc) is 3.26. The first-order chi connectivity index (χ1) is 17.0. The van der Waals surface area contributed by atoms with E-state index in [-0.39, 0.29) is 12.1 Å². The Kier molecular flexibility index (Phi) is 7.52. The zero-order valence-electron chi connectivity index (χ0n) is 18.3. The smallest absolute Gasteiger partial charge is 0.431 e. The highest BCUT2D eigenvalue weighted by molar-refractivity contribution is 5.91. The first-order valence-electron chi connectivity index (χ1n) is 10.2. The molecule has 0 spiro atoms. The van der Waals surface area contributed by atoms with Gasteiger partial charge in [0.15, 0.2) is 0 Å². The number of esters is 1. The van der Waals surface area contributed by atoms with E-state index >= 15 is 0 Å². The summed E-state index contributed by atoms with van der Waals surface area (Å²) >= 11 is 0. The van der Waals surface area contributed by atoms with E-state index in [1.165, 1.54) is 18.2 Å². The van der Waals surface area contributed by atoms with E-state index in [4.69, 9.17) is 0 Å². The molecular formula is C22H16F9NO5. The second-order valence-corrected chi connectivity index (χ2v) is 7.68. The molecule has 1 saturated heterocycles. The quantitative estimate of drug-likeness (QED) is 0.384. The Bertz CT molecular complexity index is 1090. The Morgan fingerprint density at radius 1 is 0.811 bits per heavy atom. The SMILES string of the molecule is O=C(CC1(C(F)(F)F)OCCO1)Nc1ccc(C(OC(=O)c2ccccc2)(C(F)(F)F)C(F)(F)F)cc1. The predicted molar refractivity (Wildman–Crippen MR) is 106 cm³/mol. The minimum absolute atomic E-state index is 0.275. The summed E-state index contributed by atoms with van der Waals surface area (Å²) in [6, 6.07) is 7.36. The standard InChI is InChI=1S/C22H16F9NO5/c23-20(24,25)18(35-10-11-36-18)12-16(33)32-15-8-6-14(7-9-15)19(21(26,27)28,22(29,30)31)37-17(34)13-4-2-1-3-5-13/h1-9H,10-12H2,(H,32,33). The van der Waals surface area contributed by atoms with Gasteiger partial charge in [-0.25, -0.2) is 4.79 Å². The lowest BCUT2D eigenvalue weighted by Gasteiger charge is -2.36. The van der Waals surface area contributed by atoms with Crippen LogP contribution in [-0.2, 0) is 24.6 Å². The van der Waals surface area contributed by atoms with E-state index in [1.807, 2.05) is 5.32 Å². The molecule has 3 rings (SSSR count). The monoisotopic (exact) mass is 545 g/mol. The van der Waals surface area contributed by atoms with E-state index in [2.05, 4.69) is 14.2 Å². The molecule has 0 saturated carbocycles. The first-order valence-corrected chi connectivity index (χ1v) is 10.2. The first kappa shape index (κ1) is 28.2. The van der Waals surface area contributed by atoms with Gasteiger partial charge in [0.1, 0.15) is 0 Å². The number of benzene rings is 2. The van der Waals surface area contributed by atoms with Crippen molar-refractivity contribution in [1.82, 2.24) is 0 Å². The van der Waals surface area contributed by atoms with Gasteiger partial charge in [0.2, 0.25) is 5.91 Å². The molecule has 0 aromatic heterocycles. The minimum Gasteiger partial charge on any atom is -0.431 e. The molecule has 37 heavy (non-hydrogen) atoms. The molecule has 0 radical (unpaired) electrons. The summed E-state index contributed by atoms with van der Waals surface area (Å²) in [5, 5.41) is 1.92. The zero-order chi connectivity index (χ0) is 27.7. The van der Waals surface area contributed by atoms with Gasteiger partial charge in [-0.3, -0.25) is 4.79 Å². The van der Waals surface area contributed by atoms with Crippen LogP contribution in [0.3, 0.4) is 0 Å². The van der Waals surface area contributed by atoms with E-state index in [1.54, 1.807) is 0 Å². The third-order valence-corrected chi connectivity index (χ3v) is 5.21. The van der Waals surface area contributed by atoms with Gasteiger partial charge < -0.3 is 19.5 Å². The molecule has 15 heteroatoms. The van der Waals surface area contributed by atoms with E-state index in [0.29, 0.717) is 12.1 Å². The lowest BCUT2D eigenvalue weighted by molar-refractivity contribution is -0.373. The van der Waals surface area contributed by atoms with Crippen molar-refractivity contribution in [2.75, 3.05) is 18.5 Å².